The summed E-state index contributed by atoms with van der Waals surface area (Å²) >= 11 is 1.91. The molecule has 0 aliphatic heterocycles. The molecule has 8 aromatic rings. The van der Waals surface area contributed by atoms with Crippen LogP contribution in [0.15, 0.2) is 103 Å². The zero-order valence-corrected chi connectivity index (χ0v) is 18.0. The van der Waals surface area contributed by atoms with Gasteiger partial charge in [0, 0.05) is 36.6 Å². The molecule has 0 spiro atoms. The number of thiophene rings is 1. The molecule has 2 heteroatoms. The first-order valence-corrected chi connectivity index (χ1v) is 11.8. The fraction of sp³-hybridized carbons (Fsp3) is 0. The van der Waals surface area contributed by atoms with Crippen molar-refractivity contribution in [2.24, 2.45) is 0 Å². The summed E-state index contributed by atoms with van der Waals surface area (Å²) in [6.45, 7) is 0. The molecule has 0 unspecified atom stereocenters. The number of hydrogen-bond donors (Lipinski definition) is 0. The van der Waals surface area contributed by atoms with Gasteiger partial charge in [-0.3, -0.25) is 0 Å². The van der Waals surface area contributed by atoms with Gasteiger partial charge in [0.2, 0.25) is 0 Å². The monoisotopic (exact) mass is 423 g/mol. The Morgan fingerprint density at radius 1 is 0.438 bits per heavy atom. The summed E-state index contributed by atoms with van der Waals surface area (Å²) in [7, 11) is 0. The average Bonchev–Trinajstić information content (AvgIpc) is 3.39. The third-order valence-electron chi connectivity index (χ3n) is 6.93. The second-order valence-electron chi connectivity index (χ2n) is 8.56. The molecular formula is C30H17NS. The molecule has 1 nitrogen and oxygen atoms in total. The predicted molar refractivity (Wildman–Crippen MR) is 140 cm³/mol. The third kappa shape index (κ3) is 1.99. The highest BCUT2D eigenvalue weighted by Gasteiger charge is 2.18. The number of nitrogens with zero attached hydrogens (tertiary/aromatic N) is 1. The van der Waals surface area contributed by atoms with Gasteiger partial charge in [0.15, 0.2) is 0 Å². The summed E-state index contributed by atoms with van der Waals surface area (Å²) in [5, 5.41) is 10.8. The minimum Gasteiger partial charge on any atom is -0.309 e. The van der Waals surface area contributed by atoms with Crippen molar-refractivity contribution in [3.63, 3.8) is 0 Å². The lowest BCUT2D eigenvalue weighted by Crippen LogP contribution is -1.94. The molecule has 0 atom stereocenters. The second kappa shape index (κ2) is 5.87. The van der Waals surface area contributed by atoms with Crippen LogP contribution in [0.2, 0.25) is 0 Å². The molecule has 0 aliphatic rings. The predicted octanol–water partition coefficient (Wildman–Crippen LogP) is 8.90. The molecule has 0 N–H and O–H groups in total. The highest BCUT2D eigenvalue weighted by atomic mass is 32.1. The van der Waals surface area contributed by atoms with Crippen LogP contribution in [-0.2, 0) is 0 Å². The lowest BCUT2D eigenvalue weighted by molar-refractivity contribution is 1.19. The fourth-order valence-corrected chi connectivity index (χ4v) is 6.84. The fourth-order valence-electron chi connectivity index (χ4n) is 5.65. The number of rotatable bonds is 1. The maximum atomic E-state index is 2.43. The van der Waals surface area contributed by atoms with Crippen molar-refractivity contribution in [2.45, 2.75) is 0 Å². The van der Waals surface area contributed by atoms with Crippen LogP contribution in [-0.4, -0.2) is 4.57 Å². The van der Waals surface area contributed by atoms with E-state index in [2.05, 4.69) is 108 Å². The van der Waals surface area contributed by atoms with Gasteiger partial charge in [-0.2, -0.15) is 0 Å². The van der Waals surface area contributed by atoms with Gasteiger partial charge in [-0.05, 0) is 51.9 Å². The minimum atomic E-state index is 1.23. The first kappa shape index (κ1) is 16.8. The Morgan fingerprint density at radius 3 is 1.72 bits per heavy atom. The third-order valence-corrected chi connectivity index (χ3v) is 8.03. The van der Waals surface area contributed by atoms with E-state index in [4.69, 9.17) is 0 Å². The Balaban J connectivity index is 1.63. The Morgan fingerprint density at radius 2 is 1.00 bits per heavy atom. The van der Waals surface area contributed by atoms with Gasteiger partial charge in [-0.1, -0.05) is 72.8 Å². The number of para-hydroxylation sites is 2. The summed E-state index contributed by atoms with van der Waals surface area (Å²) in [6.07, 6.45) is 0. The molecule has 2 aromatic heterocycles. The van der Waals surface area contributed by atoms with Crippen molar-refractivity contribution in [1.82, 2.24) is 4.57 Å². The molecule has 6 aromatic carbocycles. The maximum absolute atomic E-state index is 2.43. The van der Waals surface area contributed by atoms with E-state index in [9.17, 15) is 0 Å². The number of aromatic nitrogens is 1. The van der Waals surface area contributed by atoms with Gasteiger partial charge in [-0.15, -0.1) is 11.3 Å². The van der Waals surface area contributed by atoms with Crippen molar-refractivity contribution in [3.8, 4) is 5.69 Å². The highest BCUT2D eigenvalue weighted by Crippen LogP contribution is 2.46. The zero-order valence-electron chi connectivity index (χ0n) is 17.2. The van der Waals surface area contributed by atoms with Gasteiger partial charge in [0.05, 0.1) is 11.0 Å². The molecule has 0 aliphatic carbocycles. The zero-order chi connectivity index (χ0) is 20.8. The van der Waals surface area contributed by atoms with E-state index in [1.54, 1.807) is 0 Å². The van der Waals surface area contributed by atoms with Crippen molar-refractivity contribution in [2.75, 3.05) is 0 Å². The second-order valence-corrected chi connectivity index (χ2v) is 9.65. The largest absolute Gasteiger partial charge is 0.309 e. The van der Waals surface area contributed by atoms with Gasteiger partial charge >= 0.3 is 0 Å². The number of fused-ring (bicyclic) bond motifs is 6. The lowest BCUT2D eigenvalue weighted by Gasteiger charge is -2.13. The molecule has 148 valence electrons. The molecule has 0 amide bonds. The Bertz CT molecular complexity index is 1930. The molecule has 0 bridgehead atoms. The quantitative estimate of drug-likeness (QED) is 0.232. The van der Waals surface area contributed by atoms with Gasteiger partial charge < -0.3 is 4.57 Å². The Hall–Kier alpha value is -3.88. The standard InChI is InChI=1S/C30H17NS/c1-2-9-20-19(8-1)23-12-7-15-27-29(23)30-24(20)16-18(17-28(30)32-27)31-25-13-5-3-10-21(25)22-11-4-6-14-26(22)31/h1-17H. The van der Waals surface area contributed by atoms with Crippen LogP contribution in [0.4, 0.5) is 0 Å². The van der Waals surface area contributed by atoms with E-state index < -0.39 is 0 Å². The first-order chi connectivity index (χ1) is 15.9. The van der Waals surface area contributed by atoms with E-state index in [0.717, 1.165) is 0 Å². The van der Waals surface area contributed by atoms with Crippen LogP contribution in [0.3, 0.4) is 0 Å². The molecule has 0 saturated carbocycles. The number of benzene rings is 6. The summed E-state index contributed by atoms with van der Waals surface area (Å²) in [6, 6.07) is 37.9. The average molecular weight is 424 g/mol. The van der Waals surface area contributed by atoms with E-state index >= 15 is 0 Å². The summed E-state index contributed by atoms with van der Waals surface area (Å²) < 4.78 is 5.16. The summed E-state index contributed by atoms with van der Waals surface area (Å²) in [4.78, 5) is 0. The molecule has 2 heterocycles. The molecule has 0 radical (unpaired) electrons. The first-order valence-electron chi connectivity index (χ1n) is 11.0. The van der Waals surface area contributed by atoms with Crippen LogP contribution in [0.5, 0.6) is 0 Å². The van der Waals surface area contributed by atoms with Gasteiger partial charge in [-0.25, -0.2) is 0 Å². The highest BCUT2D eigenvalue weighted by molar-refractivity contribution is 7.26. The van der Waals surface area contributed by atoms with Crippen LogP contribution in [0, 0.1) is 0 Å². The minimum absolute atomic E-state index is 1.23. The van der Waals surface area contributed by atoms with E-state index in [0.29, 0.717) is 0 Å². The molecule has 8 rings (SSSR count). The Kier molecular flexibility index (Phi) is 3.08. The SMILES string of the molecule is c1ccc2c(c1)c1cccc3sc4cc(-n5c6ccccc6c6ccccc65)cc2c4c31. The van der Waals surface area contributed by atoms with Gasteiger partial charge in [0.1, 0.15) is 0 Å². The van der Waals surface area contributed by atoms with Gasteiger partial charge in [0.25, 0.3) is 0 Å². The maximum Gasteiger partial charge on any atom is 0.0541 e. The summed E-state index contributed by atoms with van der Waals surface area (Å²) in [5.41, 5.74) is 3.74. The van der Waals surface area contributed by atoms with Crippen LogP contribution in [0.1, 0.15) is 0 Å². The molecule has 0 fully saturated rings. The smallest absolute Gasteiger partial charge is 0.0541 e. The van der Waals surface area contributed by atoms with Crippen LogP contribution in [0.25, 0.3) is 69.2 Å². The van der Waals surface area contributed by atoms with E-state index in [-0.39, 0.29) is 0 Å². The van der Waals surface area contributed by atoms with Crippen molar-refractivity contribution >= 4 is 74.9 Å². The Labute approximate surface area is 188 Å². The molecule has 0 saturated heterocycles. The van der Waals surface area contributed by atoms with Crippen molar-refractivity contribution in [3.05, 3.63) is 103 Å². The number of hydrogen-bond acceptors (Lipinski definition) is 1. The van der Waals surface area contributed by atoms with Crippen molar-refractivity contribution < 1.29 is 0 Å². The lowest BCUT2D eigenvalue weighted by atomic mass is 9.94. The van der Waals surface area contributed by atoms with Crippen molar-refractivity contribution in [1.29, 1.82) is 0 Å². The summed E-state index contributed by atoms with van der Waals surface area (Å²) in [5.74, 6) is 0. The normalized spacial score (nSPS) is 12.4. The topological polar surface area (TPSA) is 4.93 Å². The van der Waals surface area contributed by atoms with E-state index in [1.807, 2.05) is 11.3 Å². The molecule has 32 heavy (non-hydrogen) atoms. The molecular weight excluding hydrogens is 406 g/mol. The van der Waals surface area contributed by atoms with E-state index in [1.165, 1.54) is 69.2 Å². The van der Waals surface area contributed by atoms with Crippen LogP contribution >= 0.6 is 11.3 Å². The van der Waals surface area contributed by atoms with Crippen LogP contribution < -0.4 is 0 Å².